The van der Waals surface area contributed by atoms with Crippen LogP contribution in [-0.2, 0) is 22.6 Å². The molecule has 1 atom stereocenters. The summed E-state index contributed by atoms with van der Waals surface area (Å²) in [6.07, 6.45) is 0.244. The Morgan fingerprint density at radius 1 is 1.24 bits per heavy atom. The molecule has 1 aromatic rings. The van der Waals surface area contributed by atoms with Gasteiger partial charge in [0.05, 0.1) is 12.7 Å². The molecule has 96 valence electrons. The highest BCUT2D eigenvalue weighted by Gasteiger charge is 2.03. The van der Waals surface area contributed by atoms with E-state index in [9.17, 15) is 0 Å². The second kappa shape index (κ2) is 8.23. The minimum atomic E-state index is 0.244. The maximum absolute atomic E-state index is 5.46. The third kappa shape index (κ3) is 5.31. The van der Waals surface area contributed by atoms with Crippen molar-refractivity contribution in [1.82, 2.24) is 5.32 Å². The Labute approximate surface area is 104 Å². The molecule has 0 amide bonds. The Bertz CT molecular complexity index is 315. The lowest BCUT2D eigenvalue weighted by Gasteiger charge is -2.13. The van der Waals surface area contributed by atoms with Gasteiger partial charge in [0.25, 0.3) is 0 Å². The fourth-order valence-corrected chi connectivity index (χ4v) is 1.58. The third-order valence-electron chi connectivity index (χ3n) is 2.73. The summed E-state index contributed by atoms with van der Waals surface area (Å²) in [5.41, 5.74) is 2.55. The first-order valence-corrected chi connectivity index (χ1v) is 6.16. The predicted octanol–water partition coefficient (Wildman–Crippen LogP) is 2.35. The lowest BCUT2D eigenvalue weighted by atomic mass is 10.1. The lowest BCUT2D eigenvalue weighted by Crippen LogP contribution is -2.25. The van der Waals surface area contributed by atoms with Crippen molar-refractivity contribution >= 4 is 0 Å². The summed E-state index contributed by atoms with van der Waals surface area (Å²) in [4.78, 5) is 0. The van der Waals surface area contributed by atoms with Crippen molar-refractivity contribution in [3.8, 4) is 0 Å². The maximum Gasteiger partial charge on any atom is 0.0719 e. The van der Waals surface area contributed by atoms with Crippen molar-refractivity contribution in [2.75, 3.05) is 20.3 Å². The van der Waals surface area contributed by atoms with Crippen LogP contribution in [-0.4, -0.2) is 26.4 Å². The van der Waals surface area contributed by atoms with E-state index >= 15 is 0 Å². The highest BCUT2D eigenvalue weighted by atomic mass is 16.5. The third-order valence-corrected chi connectivity index (χ3v) is 2.73. The molecular formula is C14H23NO2. The second-order valence-electron chi connectivity index (χ2n) is 4.08. The van der Waals surface area contributed by atoms with Crippen LogP contribution in [0.4, 0.5) is 0 Å². The minimum Gasteiger partial charge on any atom is -0.380 e. The number of hydrogen-bond acceptors (Lipinski definition) is 3. The molecule has 0 aliphatic rings. The zero-order valence-corrected chi connectivity index (χ0v) is 11.0. The topological polar surface area (TPSA) is 30.5 Å². The minimum absolute atomic E-state index is 0.244. The molecule has 0 aliphatic carbocycles. The molecule has 0 aromatic heterocycles. The Balaban J connectivity index is 2.45. The van der Waals surface area contributed by atoms with Gasteiger partial charge in [-0.05, 0) is 25.0 Å². The van der Waals surface area contributed by atoms with E-state index < -0.39 is 0 Å². The van der Waals surface area contributed by atoms with Crippen molar-refractivity contribution in [2.24, 2.45) is 0 Å². The zero-order chi connectivity index (χ0) is 12.5. The van der Waals surface area contributed by atoms with Crippen molar-refractivity contribution < 1.29 is 9.47 Å². The molecule has 0 bridgehead atoms. The average Bonchev–Trinajstić information content (AvgIpc) is 2.37. The van der Waals surface area contributed by atoms with Gasteiger partial charge in [-0.1, -0.05) is 24.3 Å². The van der Waals surface area contributed by atoms with Crippen LogP contribution in [0.2, 0.25) is 0 Å². The van der Waals surface area contributed by atoms with Gasteiger partial charge in [-0.3, -0.25) is 0 Å². The van der Waals surface area contributed by atoms with E-state index in [1.165, 1.54) is 11.1 Å². The van der Waals surface area contributed by atoms with Crippen LogP contribution in [0, 0.1) is 0 Å². The van der Waals surface area contributed by atoms with Crippen LogP contribution in [0.5, 0.6) is 0 Å². The number of rotatable bonds is 8. The van der Waals surface area contributed by atoms with E-state index in [-0.39, 0.29) is 6.10 Å². The number of benzene rings is 1. The normalized spacial score (nSPS) is 12.6. The fourth-order valence-electron chi connectivity index (χ4n) is 1.58. The highest BCUT2D eigenvalue weighted by Crippen LogP contribution is 2.09. The largest absolute Gasteiger partial charge is 0.380 e. The molecule has 1 N–H and O–H groups in total. The van der Waals surface area contributed by atoms with Crippen molar-refractivity contribution in [3.05, 3.63) is 35.4 Å². The Hall–Kier alpha value is -0.900. The molecule has 3 heteroatoms. The van der Waals surface area contributed by atoms with Gasteiger partial charge in [-0.15, -0.1) is 0 Å². The summed E-state index contributed by atoms with van der Waals surface area (Å²) in [5.74, 6) is 0. The number of hydrogen-bond donors (Lipinski definition) is 1. The first-order chi connectivity index (χ1) is 8.27. The van der Waals surface area contributed by atoms with E-state index in [1.54, 1.807) is 7.11 Å². The summed E-state index contributed by atoms with van der Waals surface area (Å²) in [6.45, 7) is 7.23. The molecule has 1 rings (SSSR count). The average molecular weight is 237 g/mol. The van der Waals surface area contributed by atoms with Crippen LogP contribution in [0.1, 0.15) is 25.0 Å². The maximum atomic E-state index is 5.46. The van der Waals surface area contributed by atoms with Gasteiger partial charge in [-0.2, -0.15) is 0 Å². The van der Waals surface area contributed by atoms with E-state index in [1.807, 2.05) is 6.92 Å². The molecule has 0 spiro atoms. The molecule has 0 saturated carbocycles. The molecule has 0 saturated heterocycles. The molecule has 1 aromatic carbocycles. The standard InChI is InChI=1S/C14H23NO2/c1-4-17-11-14-8-6-5-7-13(14)10-15-9-12(2)16-3/h5-8,12,15H,4,9-11H2,1-3H3. The smallest absolute Gasteiger partial charge is 0.0719 e. The predicted molar refractivity (Wildman–Crippen MR) is 69.9 cm³/mol. The van der Waals surface area contributed by atoms with Gasteiger partial charge in [0.2, 0.25) is 0 Å². The molecule has 0 fully saturated rings. The van der Waals surface area contributed by atoms with Crippen LogP contribution in [0.15, 0.2) is 24.3 Å². The SMILES string of the molecule is CCOCc1ccccc1CNCC(C)OC. The molecule has 0 radical (unpaired) electrons. The summed E-state index contributed by atoms with van der Waals surface area (Å²) < 4.78 is 10.7. The first kappa shape index (κ1) is 14.2. The molecule has 1 unspecified atom stereocenters. The molecular weight excluding hydrogens is 214 g/mol. The second-order valence-corrected chi connectivity index (χ2v) is 4.08. The lowest BCUT2D eigenvalue weighted by molar-refractivity contribution is 0.116. The Morgan fingerprint density at radius 2 is 1.94 bits per heavy atom. The van der Waals surface area contributed by atoms with Crippen molar-refractivity contribution in [2.45, 2.75) is 33.1 Å². The van der Waals surface area contributed by atoms with Gasteiger partial charge in [-0.25, -0.2) is 0 Å². The molecule has 0 heterocycles. The van der Waals surface area contributed by atoms with Gasteiger partial charge < -0.3 is 14.8 Å². The van der Waals surface area contributed by atoms with Crippen LogP contribution in [0.25, 0.3) is 0 Å². The van der Waals surface area contributed by atoms with E-state index in [0.29, 0.717) is 6.61 Å². The van der Waals surface area contributed by atoms with Gasteiger partial charge in [0, 0.05) is 26.8 Å². The van der Waals surface area contributed by atoms with Crippen LogP contribution >= 0.6 is 0 Å². The van der Waals surface area contributed by atoms with Gasteiger partial charge in [0.15, 0.2) is 0 Å². The molecule has 0 aliphatic heterocycles. The van der Waals surface area contributed by atoms with E-state index in [0.717, 1.165) is 19.7 Å². The van der Waals surface area contributed by atoms with Gasteiger partial charge in [0.1, 0.15) is 0 Å². The van der Waals surface area contributed by atoms with Crippen LogP contribution < -0.4 is 5.32 Å². The van der Waals surface area contributed by atoms with Crippen molar-refractivity contribution in [3.63, 3.8) is 0 Å². The van der Waals surface area contributed by atoms with Gasteiger partial charge >= 0.3 is 0 Å². The van der Waals surface area contributed by atoms with E-state index in [4.69, 9.17) is 9.47 Å². The summed E-state index contributed by atoms with van der Waals surface area (Å²) >= 11 is 0. The Kier molecular flexibility index (Phi) is 6.86. The number of methoxy groups -OCH3 is 1. The molecule has 17 heavy (non-hydrogen) atoms. The summed E-state index contributed by atoms with van der Waals surface area (Å²) in [6, 6.07) is 8.37. The quantitative estimate of drug-likeness (QED) is 0.753. The van der Waals surface area contributed by atoms with Crippen molar-refractivity contribution in [1.29, 1.82) is 0 Å². The monoisotopic (exact) mass is 237 g/mol. The number of nitrogens with one attached hydrogen (secondary N) is 1. The Morgan fingerprint density at radius 3 is 2.59 bits per heavy atom. The van der Waals surface area contributed by atoms with Crippen LogP contribution in [0.3, 0.4) is 0 Å². The zero-order valence-electron chi connectivity index (χ0n) is 11.0. The molecule has 3 nitrogen and oxygen atoms in total. The highest BCUT2D eigenvalue weighted by molar-refractivity contribution is 5.26. The first-order valence-electron chi connectivity index (χ1n) is 6.16. The van der Waals surface area contributed by atoms with E-state index in [2.05, 4.69) is 36.5 Å². The number of ether oxygens (including phenoxy) is 2. The summed E-state index contributed by atoms with van der Waals surface area (Å²) in [5, 5.41) is 3.39. The fraction of sp³-hybridized carbons (Fsp3) is 0.571. The summed E-state index contributed by atoms with van der Waals surface area (Å²) in [7, 11) is 1.73.